The van der Waals surface area contributed by atoms with Crippen molar-refractivity contribution in [1.29, 1.82) is 0 Å². The Kier molecular flexibility index (Phi) is 3.42. The number of allylic oxidation sites excluding steroid dienone is 1. The minimum Gasteiger partial charge on any atom is -0.509 e. The zero-order valence-corrected chi connectivity index (χ0v) is 11.6. The summed E-state index contributed by atoms with van der Waals surface area (Å²) < 4.78 is 0. The molecule has 0 bridgehead atoms. The van der Waals surface area contributed by atoms with Crippen LogP contribution < -0.4 is 0 Å². The molecule has 0 saturated carbocycles. The van der Waals surface area contributed by atoms with Crippen LogP contribution >= 0.6 is 0 Å². The van der Waals surface area contributed by atoms with Crippen molar-refractivity contribution in [2.45, 2.75) is 18.4 Å². The lowest BCUT2D eigenvalue weighted by Gasteiger charge is -2.16. The van der Waals surface area contributed by atoms with Crippen molar-refractivity contribution in [3.63, 3.8) is 0 Å². The van der Waals surface area contributed by atoms with Gasteiger partial charge in [-0.15, -0.1) is 0 Å². The number of rotatable bonds is 2. The van der Waals surface area contributed by atoms with E-state index in [1.165, 1.54) is 24.3 Å². The largest absolute Gasteiger partial charge is 0.509 e. The molecule has 0 unspecified atom stereocenters. The van der Waals surface area contributed by atoms with Crippen molar-refractivity contribution in [3.8, 4) is 17.2 Å². The molecule has 0 spiro atoms. The van der Waals surface area contributed by atoms with Gasteiger partial charge in [-0.1, -0.05) is 18.2 Å². The molecule has 0 saturated heterocycles. The smallest absolute Gasteiger partial charge is 0.157 e. The standard InChI is InChI=1S/C17H16O5/c18-11-4-1-9(2-5-11)12-8-13(17(22)16(12)21)10-3-6-14(19)15(20)7-10/h1-7,13,17-22H,8H2/t13-,17+/m1/s1. The number of phenols is 3. The van der Waals surface area contributed by atoms with Crippen LogP contribution in [0.2, 0.25) is 0 Å². The summed E-state index contributed by atoms with van der Waals surface area (Å²) in [6, 6.07) is 10.7. The number of aliphatic hydroxyl groups is 2. The second-order valence-electron chi connectivity index (χ2n) is 5.41. The zero-order valence-electron chi connectivity index (χ0n) is 11.6. The van der Waals surface area contributed by atoms with E-state index in [2.05, 4.69) is 0 Å². The highest BCUT2D eigenvalue weighted by molar-refractivity contribution is 5.72. The zero-order chi connectivity index (χ0) is 15.9. The van der Waals surface area contributed by atoms with Crippen LogP contribution in [0.5, 0.6) is 17.2 Å². The number of hydrogen-bond donors (Lipinski definition) is 5. The van der Waals surface area contributed by atoms with Gasteiger partial charge in [0.05, 0.1) is 0 Å². The summed E-state index contributed by atoms with van der Waals surface area (Å²) in [5, 5.41) is 48.7. The van der Waals surface area contributed by atoms with Crippen molar-refractivity contribution in [2.75, 3.05) is 0 Å². The molecule has 5 N–H and O–H groups in total. The van der Waals surface area contributed by atoms with Crippen molar-refractivity contribution >= 4 is 5.57 Å². The minimum atomic E-state index is -1.08. The summed E-state index contributed by atoms with van der Waals surface area (Å²) in [6.07, 6.45) is -0.685. The Morgan fingerprint density at radius 2 is 1.50 bits per heavy atom. The third-order valence-electron chi connectivity index (χ3n) is 4.04. The SMILES string of the molecule is OC1=C(c2ccc(O)cc2)C[C@H](c2ccc(O)c(O)c2)[C@@H]1O. The fourth-order valence-electron chi connectivity index (χ4n) is 2.80. The number of benzene rings is 2. The van der Waals surface area contributed by atoms with Crippen LogP contribution in [-0.4, -0.2) is 31.6 Å². The summed E-state index contributed by atoms with van der Waals surface area (Å²) in [7, 11) is 0. The van der Waals surface area contributed by atoms with Gasteiger partial charge in [-0.25, -0.2) is 0 Å². The van der Waals surface area contributed by atoms with E-state index >= 15 is 0 Å². The molecule has 3 rings (SSSR count). The third kappa shape index (κ3) is 2.35. The second kappa shape index (κ2) is 5.27. The van der Waals surface area contributed by atoms with Gasteiger partial charge in [0, 0.05) is 11.5 Å². The Labute approximate surface area is 127 Å². The Morgan fingerprint density at radius 3 is 2.14 bits per heavy atom. The maximum absolute atomic E-state index is 10.3. The molecule has 2 aromatic carbocycles. The molecular formula is C17H16O5. The Hall–Kier alpha value is -2.66. The lowest BCUT2D eigenvalue weighted by Crippen LogP contribution is -2.15. The van der Waals surface area contributed by atoms with E-state index in [-0.39, 0.29) is 23.0 Å². The maximum atomic E-state index is 10.3. The van der Waals surface area contributed by atoms with E-state index in [1.54, 1.807) is 18.2 Å². The molecule has 0 heterocycles. The van der Waals surface area contributed by atoms with Crippen LogP contribution in [0.15, 0.2) is 48.2 Å². The molecule has 22 heavy (non-hydrogen) atoms. The van der Waals surface area contributed by atoms with Crippen LogP contribution in [0, 0.1) is 0 Å². The van der Waals surface area contributed by atoms with E-state index in [9.17, 15) is 25.5 Å². The van der Waals surface area contributed by atoms with Gasteiger partial charge >= 0.3 is 0 Å². The highest BCUT2D eigenvalue weighted by Gasteiger charge is 2.35. The first-order valence-electron chi connectivity index (χ1n) is 6.88. The first-order chi connectivity index (χ1) is 10.5. The van der Waals surface area contributed by atoms with E-state index < -0.39 is 12.0 Å². The first kappa shape index (κ1) is 14.3. The van der Waals surface area contributed by atoms with Crippen molar-refractivity contribution < 1.29 is 25.5 Å². The van der Waals surface area contributed by atoms with E-state index in [0.717, 1.165) is 5.56 Å². The topological polar surface area (TPSA) is 101 Å². The third-order valence-corrected chi connectivity index (χ3v) is 4.04. The molecular weight excluding hydrogens is 284 g/mol. The average molecular weight is 300 g/mol. The lowest BCUT2D eigenvalue weighted by atomic mass is 9.92. The first-order valence-corrected chi connectivity index (χ1v) is 6.88. The van der Waals surface area contributed by atoms with E-state index in [0.29, 0.717) is 17.6 Å². The van der Waals surface area contributed by atoms with Crippen LogP contribution in [-0.2, 0) is 0 Å². The molecule has 0 aromatic heterocycles. The molecule has 0 fully saturated rings. The second-order valence-corrected chi connectivity index (χ2v) is 5.41. The molecule has 0 radical (unpaired) electrons. The number of phenolic OH excluding ortho intramolecular Hbond substituents is 3. The molecule has 2 atom stereocenters. The Balaban J connectivity index is 1.93. The van der Waals surface area contributed by atoms with Gasteiger partial charge in [0.25, 0.3) is 0 Å². The highest BCUT2D eigenvalue weighted by Crippen LogP contribution is 2.44. The molecule has 1 aliphatic rings. The Bertz CT molecular complexity index is 733. The van der Waals surface area contributed by atoms with Crippen LogP contribution in [0.1, 0.15) is 23.5 Å². The molecule has 5 nitrogen and oxygen atoms in total. The van der Waals surface area contributed by atoms with Gasteiger partial charge in [0.1, 0.15) is 17.6 Å². The van der Waals surface area contributed by atoms with Gasteiger partial charge in [-0.2, -0.15) is 0 Å². The van der Waals surface area contributed by atoms with Gasteiger partial charge in [0.15, 0.2) is 11.5 Å². The number of aromatic hydroxyl groups is 3. The van der Waals surface area contributed by atoms with Crippen molar-refractivity contribution in [3.05, 3.63) is 59.4 Å². The monoisotopic (exact) mass is 300 g/mol. The summed E-state index contributed by atoms with van der Waals surface area (Å²) in [6.45, 7) is 0. The summed E-state index contributed by atoms with van der Waals surface area (Å²) in [5.74, 6) is -0.879. The van der Waals surface area contributed by atoms with Gasteiger partial charge in [0.2, 0.25) is 0 Å². The fraction of sp³-hybridized carbons (Fsp3) is 0.176. The molecule has 0 aliphatic heterocycles. The predicted octanol–water partition coefficient (Wildman–Crippen LogP) is 2.62. The Morgan fingerprint density at radius 1 is 0.818 bits per heavy atom. The average Bonchev–Trinajstić information content (AvgIpc) is 2.79. The quantitative estimate of drug-likeness (QED) is 0.549. The van der Waals surface area contributed by atoms with E-state index in [4.69, 9.17) is 0 Å². The fourth-order valence-corrected chi connectivity index (χ4v) is 2.80. The number of hydrogen-bond acceptors (Lipinski definition) is 5. The van der Waals surface area contributed by atoms with Crippen molar-refractivity contribution in [1.82, 2.24) is 0 Å². The molecule has 1 aliphatic carbocycles. The van der Waals surface area contributed by atoms with Crippen LogP contribution in [0.4, 0.5) is 0 Å². The molecule has 2 aromatic rings. The molecule has 114 valence electrons. The van der Waals surface area contributed by atoms with Gasteiger partial charge in [-0.05, 0) is 41.8 Å². The predicted molar refractivity (Wildman–Crippen MR) is 80.8 cm³/mol. The minimum absolute atomic E-state index is 0.108. The summed E-state index contributed by atoms with van der Waals surface area (Å²) >= 11 is 0. The lowest BCUT2D eigenvalue weighted by molar-refractivity contribution is 0.141. The summed E-state index contributed by atoms with van der Waals surface area (Å²) in [4.78, 5) is 0. The van der Waals surface area contributed by atoms with Gasteiger partial charge < -0.3 is 25.5 Å². The highest BCUT2D eigenvalue weighted by atomic mass is 16.3. The van der Waals surface area contributed by atoms with Crippen LogP contribution in [0.25, 0.3) is 5.57 Å². The van der Waals surface area contributed by atoms with Crippen molar-refractivity contribution in [2.24, 2.45) is 0 Å². The normalized spacial score (nSPS) is 21.3. The molecule has 0 amide bonds. The molecule has 5 heteroatoms. The van der Waals surface area contributed by atoms with E-state index in [1.807, 2.05) is 0 Å². The summed E-state index contributed by atoms with van der Waals surface area (Å²) in [5.41, 5.74) is 1.95. The number of aliphatic hydroxyl groups excluding tert-OH is 2. The van der Waals surface area contributed by atoms with Crippen LogP contribution in [0.3, 0.4) is 0 Å². The maximum Gasteiger partial charge on any atom is 0.157 e. The van der Waals surface area contributed by atoms with Gasteiger partial charge in [-0.3, -0.25) is 0 Å².